The van der Waals surface area contributed by atoms with E-state index in [9.17, 15) is 0 Å². The number of aromatic nitrogens is 2. The Morgan fingerprint density at radius 3 is 2.23 bits per heavy atom. The first-order valence-corrected chi connectivity index (χ1v) is 14.0. The van der Waals surface area contributed by atoms with E-state index < -0.39 is 0 Å². The Kier molecular flexibility index (Phi) is 7.05. The van der Waals surface area contributed by atoms with Crippen molar-refractivity contribution in [3.63, 3.8) is 0 Å². The molecule has 0 bridgehead atoms. The number of halogens is 1. The van der Waals surface area contributed by atoms with Gasteiger partial charge in [-0.15, -0.1) is 0 Å². The normalized spacial score (nSPS) is 16.7. The Labute approximate surface area is 245 Å². The Hall–Kier alpha value is -4.13. The highest BCUT2D eigenvalue weighted by molar-refractivity contribution is 7.80. The van der Waals surface area contributed by atoms with Crippen LogP contribution in [0.2, 0.25) is 5.02 Å². The minimum Gasteiger partial charge on any atom is -0.457 e. The van der Waals surface area contributed by atoms with E-state index in [1.807, 2.05) is 79.0 Å². The average molecular weight is 565 g/mol. The van der Waals surface area contributed by atoms with Crippen LogP contribution < -0.4 is 15.0 Å². The van der Waals surface area contributed by atoms with Crippen molar-refractivity contribution in [2.45, 2.75) is 32.9 Å². The highest BCUT2D eigenvalue weighted by Crippen LogP contribution is 2.45. The third-order valence-corrected chi connectivity index (χ3v) is 8.11. The zero-order valence-electron chi connectivity index (χ0n) is 22.5. The van der Waals surface area contributed by atoms with Crippen LogP contribution in [0.15, 0.2) is 103 Å². The van der Waals surface area contributed by atoms with Crippen LogP contribution in [0, 0.1) is 20.8 Å². The number of hydrogen-bond donors (Lipinski definition) is 1. The molecule has 2 atom stereocenters. The molecule has 1 aliphatic heterocycles. The number of ether oxygens (including phenoxy) is 1. The molecule has 0 spiro atoms. The van der Waals surface area contributed by atoms with Gasteiger partial charge in [0.1, 0.15) is 11.5 Å². The van der Waals surface area contributed by atoms with Gasteiger partial charge < -0.3 is 19.5 Å². The highest BCUT2D eigenvalue weighted by Gasteiger charge is 2.43. The lowest BCUT2D eigenvalue weighted by Gasteiger charge is -2.29. The van der Waals surface area contributed by atoms with Crippen LogP contribution in [0.5, 0.6) is 11.5 Å². The molecule has 200 valence electrons. The molecule has 5 nitrogen and oxygen atoms in total. The van der Waals surface area contributed by atoms with Gasteiger partial charge in [-0.3, -0.25) is 4.98 Å². The second kappa shape index (κ2) is 10.8. The number of benzene rings is 3. The summed E-state index contributed by atoms with van der Waals surface area (Å²) in [6, 6.07) is 31.6. The van der Waals surface area contributed by atoms with Crippen LogP contribution in [-0.2, 0) is 0 Å². The molecule has 1 N–H and O–H groups in total. The van der Waals surface area contributed by atoms with Crippen molar-refractivity contribution >= 4 is 34.6 Å². The molecule has 40 heavy (non-hydrogen) atoms. The minimum atomic E-state index is -0.138. The predicted octanol–water partition coefficient (Wildman–Crippen LogP) is 8.42. The van der Waals surface area contributed by atoms with Crippen molar-refractivity contribution in [2.24, 2.45) is 0 Å². The van der Waals surface area contributed by atoms with E-state index >= 15 is 0 Å². The van der Waals surface area contributed by atoms with E-state index in [1.54, 1.807) is 0 Å². The molecule has 0 aliphatic carbocycles. The fourth-order valence-electron chi connectivity index (χ4n) is 5.67. The third kappa shape index (κ3) is 4.74. The predicted molar refractivity (Wildman–Crippen MR) is 166 cm³/mol. The van der Waals surface area contributed by atoms with Gasteiger partial charge in [0.2, 0.25) is 0 Å². The van der Waals surface area contributed by atoms with Crippen molar-refractivity contribution in [2.75, 3.05) is 4.90 Å². The first-order valence-electron chi connectivity index (χ1n) is 13.2. The Morgan fingerprint density at radius 1 is 0.800 bits per heavy atom. The number of nitrogens with zero attached hydrogens (tertiary/aromatic N) is 3. The summed E-state index contributed by atoms with van der Waals surface area (Å²) in [5, 5.41) is 4.95. The molecule has 0 radical (unpaired) electrons. The van der Waals surface area contributed by atoms with Gasteiger partial charge in [0, 0.05) is 39.5 Å². The lowest BCUT2D eigenvalue weighted by Crippen LogP contribution is -2.29. The summed E-state index contributed by atoms with van der Waals surface area (Å²) in [6.07, 6.45) is 1.83. The molecular weight excluding hydrogens is 536 g/mol. The Balaban J connectivity index is 1.45. The van der Waals surface area contributed by atoms with Gasteiger partial charge in [-0.1, -0.05) is 41.9 Å². The maximum atomic E-state index is 6.40. The second-order valence-corrected chi connectivity index (χ2v) is 10.8. The van der Waals surface area contributed by atoms with Crippen molar-refractivity contribution in [1.29, 1.82) is 0 Å². The maximum Gasteiger partial charge on any atom is 0.174 e. The van der Waals surface area contributed by atoms with E-state index in [4.69, 9.17) is 33.5 Å². The van der Waals surface area contributed by atoms with Crippen LogP contribution >= 0.6 is 23.8 Å². The number of nitrogens with one attached hydrogen (secondary N) is 1. The largest absolute Gasteiger partial charge is 0.457 e. The molecule has 6 rings (SSSR count). The van der Waals surface area contributed by atoms with E-state index in [0.717, 1.165) is 34.3 Å². The quantitative estimate of drug-likeness (QED) is 0.210. The summed E-state index contributed by atoms with van der Waals surface area (Å²) in [5.41, 5.74) is 7.69. The minimum absolute atomic E-state index is 0.123. The van der Waals surface area contributed by atoms with Gasteiger partial charge in [0.15, 0.2) is 5.11 Å². The number of pyridine rings is 1. The number of hydrogen-bond acceptors (Lipinski definition) is 3. The molecule has 1 aliphatic rings. The molecule has 0 amide bonds. The second-order valence-electron chi connectivity index (χ2n) is 9.93. The average Bonchev–Trinajstić information content (AvgIpc) is 3.41. The molecule has 0 unspecified atom stereocenters. The van der Waals surface area contributed by atoms with E-state index in [0.29, 0.717) is 10.1 Å². The summed E-state index contributed by atoms with van der Waals surface area (Å²) in [4.78, 5) is 6.93. The van der Waals surface area contributed by atoms with Crippen molar-refractivity contribution in [3.8, 4) is 17.2 Å². The zero-order valence-corrected chi connectivity index (χ0v) is 24.1. The zero-order chi connectivity index (χ0) is 27.8. The molecule has 3 heterocycles. The van der Waals surface area contributed by atoms with Crippen LogP contribution in [-0.4, -0.2) is 14.7 Å². The maximum absolute atomic E-state index is 6.40. The number of thiocarbonyl (C=S) groups is 1. The van der Waals surface area contributed by atoms with Crippen molar-refractivity contribution < 1.29 is 4.74 Å². The Morgan fingerprint density at radius 2 is 1.52 bits per heavy atom. The monoisotopic (exact) mass is 564 g/mol. The summed E-state index contributed by atoms with van der Waals surface area (Å²) in [5.74, 6) is 1.56. The van der Waals surface area contributed by atoms with Crippen molar-refractivity contribution in [1.82, 2.24) is 14.9 Å². The molecule has 5 aromatic rings. The first kappa shape index (κ1) is 26.1. The molecule has 1 fully saturated rings. The SMILES string of the molecule is Cc1c([C@@H]2[C@@H](c3ccccn3)NC(=S)N2c2ccc(Oc3ccccc3)cc2)c(C)n(-c2cccc(Cl)c2)c1C. The van der Waals surface area contributed by atoms with Crippen LogP contribution in [0.3, 0.4) is 0 Å². The standard InChI is InChI=1S/C33H29ClN4OS/c1-21-22(2)37(26-11-9-10-24(34)20-26)23(3)30(21)32-31(29-14-7-8-19-35-29)36-33(40)38(32)25-15-17-28(18-16-25)39-27-12-5-4-6-13-27/h4-20,31-32H,1-3H3,(H,36,40)/t31-,32-/m1/s1. The summed E-state index contributed by atoms with van der Waals surface area (Å²) in [6.45, 7) is 6.51. The fraction of sp³-hybridized carbons (Fsp3) is 0.152. The third-order valence-electron chi connectivity index (χ3n) is 7.56. The number of rotatable bonds is 6. The summed E-state index contributed by atoms with van der Waals surface area (Å²) < 4.78 is 8.33. The summed E-state index contributed by atoms with van der Waals surface area (Å²) >= 11 is 12.4. The smallest absolute Gasteiger partial charge is 0.174 e. The molecule has 0 saturated carbocycles. The highest BCUT2D eigenvalue weighted by atomic mass is 35.5. The van der Waals surface area contributed by atoms with Crippen molar-refractivity contribution in [3.05, 3.63) is 136 Å². The van der Waals surface area contributed by atoms with Crippen LogP contribution in [0.1, 0.15) is 40.3 Å². The topological polar surface area (TPSA) is 42.3 Å². The number of para-hydroxylation sites is 1. The summed E-state index contributed by atoms with van der Waals surface area (Å²) in [7, 11) is 0. The van der Waals surface area contributed by atoms with E-state index in [2.05, 4.69) is 59.8 Å². The van der Waals surface area contributed by atoms with Gasteiger partial charge >= 0.3 is 0 Å². The lowest BCUT2D eigenvalue weighted by atomic mass is 9.93. The van der Waals surface area contributed by atoms with Gasteiger partial charge in [-0.2, -0.15) is 0 Å². The van der Waals surface area contributed by atoms with E-state index in [1.165, 1.54) is 16.8 Å². The number of anilines is 1. The van der Waals surface area contributed by atoms with Gasteiger partial charge in [0.05, 0.1) is 17.8 Å². The van der Waals surface area contributed by atoms with Gasteiger partial charge in [-0.25, -0.2) is 0 Å². The molecule has 7 heteroatoms. The lowest BCUT2D eigenvalue weighted by molar-refractivity contribution is 0.482. The van der Waals surface area contributed by atoms with Crippen LogP contribution in [0.25, 0.3) is 5.69 Å². The molecule has 2 aromatic heterocycles. The van der Waals surface area contributed by atoms with E-state index in [-0.39, 0.29) is 12.1 Å². The van der Waals surface area contributed by atoms with Gasteiger partial charge in [0.25, 0.3) is 0 Å². The van der Waals surface area contributed by atoms with Crippen LogP contribution in [0.4, 0.5) is 5.69 Å². The molecule has 1 saturated heterocycles. The molecular formula is C33H29ClN4OS. The fourth-order valence-corrected chi connectivity index (χ4v) is 6.20. The van der Waals surface area contributed by atoms with Gasteiger partial charge in [-0.05, 0) is 105 Å². The first-order chi connectivity index (χ1) is 19.4. The molecule has 3 aromatic carbocycles. The Bertz CT molecular complexity index is 1670.